The monoisotopic (exact) mass is 169 g/mol. The predicted molar refractivity (Wildman–Crippen MR) is 54.1 cm³/mol. The Hall–Kier alpha value is -0.0400. The fourth-order valence-electron chi connectivity index (χ4n) is 2.09. The van der Waals surface area contributed by atoms with Gasteiger partial charge in [-0.2, -0.15) is 0 Å². The molecule has 0 spiro atoms. The Kier molecular flexibility index (Phi) is 4.67. The maximum Gasteiger partial charge on any atom is 0.00388 e. The summed E-state index contributed by atoms with van der Waals surface area (Å²) in [7, 11) is 0. The van der Waals surface area contributed by atoms with E-state index in [-0.39, 0.29) is 0 Å². The van der Waals surface area contributed by atoms with E-state index < -0.39 is 0 Å². The van der Waals surface area contributed by atoms with Crippen LogP contribution in [0.1, 0.15) is 58.3 Å². The topological polar surface area (TPSA) is 26.0 Å². The third kappa shape index (κ3) is 4.10. The molecule has 1 nitrogen and oxygen atoms in total. The van der Waals surface area contributed by atoms with Crippen molar-refractivity contribution in [2.75, 3.05) is 0 Å². The molecule has 1 aliphatic carbocycles. The van der Waals surface area contributed by atoms with Gasteiger partial charge >= 0.3 is 0 Å². The molecule has 1 fully saturated rings. The summed E-state index contributed by atoms with van der Waals surface area (Å²) in [5.74, 6) is 0.940. The van der Waals surface area contributed by atoms with Crippen LogP contribution in [0.4, 0.5) is 0 Å². The Labute approximate surface area is 76.7 Å². The van der Waals surface area contributed by atoms with Crippen molar-refractivity contribution in [2.45, 2.75) is 64.3 Å². The van der Waals surface area contributed by atoms with Gasteiger partial charge in [-0.3, -0.25) is 0 Å². The molecule has 1 saturated carbocycles. The number of hydrogen-bond donors (Lipinski definition) is 1. The molecule has 12 heavy (non-hydrogen) atoms. The zero-order valence-electron chi connectivity index (χ0n) is 8.39. The van der Waals surface area contributed by atoms with Gasteiger partial charge in [0, 0.05) is 6.04 Å². The Balaban J connectivity index is 2.21. The van der Waals surface area contributed by atoms with Crippen molar-refractivity contribution in [1.29, 1.82) is 0 Å². The van der Waals surface area contributed by atoms with Crippen molar-refractivity contribution < 1.29 is 0 Å². The van der Waals surface area contributed by atoms with Gasteiger partial charge in [0.05, 0.1) is 0 Å². The lowest BCUT2D eigenvalue weighted by atomic mass is 9.92. The van der Waals surface area contributed by atoms with Gasteiger partial charge in [-0.05, 0) is 18.8 Å². The van der Waals surface area contributed by atoms with Crippen LogP contribution in [-0.4, -0.2) is 6.04 Å². The lowest BCUT2D eigenvalue weighted by Gasteiger charge is -2.17. The maximum atomic E-state index is 5.97. The van der Waals surface area contributed by atoms with Crippen LogP contribution in [0.3, 0.4) is 0 Å². The molecule has 0 heterocycles. The molecule has 1 heteroatoms. The Morgan fingerprint density at radius 2 is 1.42 bits per heavy atom. The van der Waals surface area contributed by atoms with Crippen molar-refractivity contribution in [3.63, 3.8) is 0 Å². The quantitative estimate of drug-likeness (QED) is 0.592. The standard InChI is InChI=1S/C11H23N/c1-10-6-3-2-4-8-11(12)9-5-7-10/h10-11H,2-9,12H2,1H3. The van der Waals surface area contributed by atoms with E-state index in [0.717, 1.165) is 5.92 Å². The first-order chi connectivity index (χ1) is 5.79. The highest BCUT2D eigenvalue weighted by molar-refractivity contribution is 4.65. The zero-order valence-corrected chi connectivity index (χ0v) is 8.39. The fraction of sp³-hybridized carbons (Fsp3) is 1.00. The molecule has 2 unspecified atom stereocenters. The average Bonchev–Trinajstić information content (AvgIpc) is 2.04. The molecule has 0 aromatic heterocycles. The minimum Gasteiger partial charge on any atom is -0.328 e. The first kappa shape index (κ1) is 10.0. The first-order valence-electron chi connectivity index (χ1n) is 5.54. The Morgan fingerprint density at radius 1 is 0.833 bits per heavy atom. The van der Waals surface area contributed by atoms with E-state index in [1.165, 1.54) is 51.4 Å². The molecule has 0 aliphatic heterocycles. The molecule has 2 N–H and O–H groups in total. The molecule has 1 aliphatic rings. The smallest absolute Gasteiger partial charge is 0.00388 e. The van der Waals surface area contributed by atoms with E-state index in [1.54, 1.807) is 0 Å². The number of nitrogens with two attached hydrogens (primary N) is 1. The lowest BCUT2D eigenvalue weighted by molar-refractivity contribution is 0.394. The van der Waals surface area contributed by atoms with Crippen LogP contribution in [0.5, 0.6) is 0 Å². The van der Waals surface area contributed by atoms with Crippen LogP contribution in [0.15, 0.2) is 0 Å². The second-order valence-electron chi connectivity index (χ2n) is 4.43. The molecule has 0 amide bonds. The Morgan fingerprint density at radius 3 is 2.25 bits per heavy atom. The van der Waals surface area contributed by atoms with E-state index in [9.17, 15) is 0 Å². The molecule has 2 atom stereocenters. The van der Waals surface area contributed by atoms with Gasteiger partial charge in [0.25, 0.3) is 0 Å². The molecule has 0 saturated heterocycles. The van der Waals surface area contributed by atoms with Gasteiger partial charge in [0.1, 0.15) is 0 Å². The first-order valence-corrected chi connectivity index (χ1v) is 5.54. The van der Waals surface area contributed by atoms with Crippen LogP contribution in [0, 0.1) is 5.92 Å². The molecule has 72 valence electrons. The van der Waals surface area contributed by atoms with Crippen LogP contribution in [0.25, 0.3) is 0 Å². The van der Waals surface area contributed by atoms with Gasteiger partial charge in [-0.15, -0.1) is 0 Å². The summed E-state index contributed by atoms with van der Waals surface area (Å²) in [6, 6.07) is 0.496. The highest BCUT2D eigenvalue weighted by Crippen LogP contribution is 2.20. The number of rotatable bonds is 0. The van der Waals surface area contributed by atoms with Gasteiger partial charge in [0.2, 0.25) is 0 Å². The maximum absolute atomic E-state index is 5.97. The van der Waals surface area contributed by atoms with Gasteiger partial charge in [0.15, 0.2) is 0 Å². The third-order valence-electron chi connectivity index (χ3n) is 3.04. The SMILES string of the molecule is CC1CCCCCC(N)CCC1. The van der Waals surface area contributed by atoms with Crippen molar-refractivity contribution in [2.24, 2.45) is 11.7 Å². The summed E-state index contributed by atoms with van der Waals surface area (Å²) in [6.07, 6.45) is 10.9. The summed E-state index contributed by atoms with van der Waals surface area (Å²) >= 11 is 0. The van der Waals surface area contributed by atoms with Crippen molar-refractivity contribution in [1.82, 2.24) is 0 Å². The molecule has 0 radical (unpaired) electrons. The van der Waals surface area contributed by atoms with E-state index >= 15 is 0 Å². The summed E-state index contributed by atoms with van der Waals surface area (Å²) in [5, 5.41) is 0. The molecular formula is C11H23N. The highest BCUT2D eigenvalue weighted by Gasteiger charge is 2.08. The summed E-state index contributed by atoms with van der Waals surface area (Å²) < 4.78 is 0. The third-order valence-corrected chi connectivity index (χ3v) is 3.04. The lowest BCUT2D eigenvalue weighted by Crippen LogP contribution is -2.20. The number of hydrogen-bond acceptors (Lipinski definition) is 1. The normalized spacial score (nSPS) is 34.5. The van der Waals surface area contributed by atoms with Gasteiger partial charge in [-0.25, -0.2) is 0 Å². The van der Waals surface area contributed by atoms with Crippen LogP contribution >= 0.6 is 0 Å². The molecule has 0 aromatic carbocycles. The van der Waals surface area contributed by atoms with Crippen LogP contribution in [-0.2, 0) is 0 Å². The van der Waals surface area contributed by atoms with Crippen molar-refractivity contribution >= 4 is 0 Å². The minimum absolute atomic E-state index is 0.496. The molecule has 0 aromatic rings. The average molecular weight is 169 g/mol. The summed E-state index contributed by atoms with van der Waals surface area (Å²) in [5.41, 5.74) is 5.97. The van der Waals surface area contributed by atoms with Crippen LogP contribution in [0.2, 0.25) is 0 Å². The Bertz CT molecular complexity index is 99.6. The minimum atomic E-state index is 0.496. The molecular weight excluding hydrogens is 146 g/mol. The van der Waals surface area contributed by atoms with Gasteiger partial charge < -0.3 is 5.73 Å². The van der Waals surface area contributed by atoms with Crippen LogP contribution < -0.4 is 5.73 Å². The second kappa shape index (κ2) is 5.58. The summed E-state index contributed by atoms with van der Waals surface area (Å²) in [4.78, 5) is 0. The van der Waals surface area contributed by atoms with Crippen molar-refractivity contribution in [3.05, 3.63) is 0 Å². The molecule has 1 rings (SSSR count). The van der Waals surface area contributed by atoms with Crippen molar-refractivity contribution in [3.8, 4) is 0 Å². The zero-order chi connectivity index (χ0) is 8.81. The van der Waals surface area contributed by atoms with E-state index in [2.05, 4.69) is 6.92 Å². The van der Waals surface area contributed by atoms with Gasteiger partial charge in [-0.1, -0.05) is 45.4 Å². The van der Waals surface area contributed by atoms with E-state index in [4.69, 9.17) is 5.73 Å². The summed E-state index contributed by atoms with van der Waals surface area (Å²) in [6.45, 7) is 2.38. The van der Waals surface area contributed by atoms with E-state index in [0.29, 0.717) is 6.04 Å². The fourth-order valence-corrected chi connectivity index (χ4v) is 2.09. The second-order valence-corrected chi connectivity index (χ2v) is 4.43. The van der Waals surface area contributed by atoms with E-state index in [1.807, 2.05) is 0 Å². The predicted octanol–water partition coefficient (Wildman–Crippen LogP) is 3.08. The highest BCUT2D eigenvalue weighted by atomic mass is 14.6. The largest absolute Gasteiger partial charge is 0.328 e. The molecule has 0 bridgehead atoms.